The molecule has 0 aromatic heterocycles. The van der Waals surface area contributed by atoms with Crippen molar-refractivity contribution in [1.29, 1.82) is 0 Å². The summed E-state index contributed by atoms with van der Waals surface area (Å²) in [5, 5.41) is 3.07. The molecule has 0 aromatic rings. The lowest BCUT2D eigenvalue weighted by Crippen LogP contribution is -2.46. The summed E-state index contributed by atoms with van der Waals surface area (Å²) in [6.45, 7) is 0. The Hall–Kier alpha value is -0.120. The molecular formula is C4H11N3. The van der Waals surface area contributed by atoms with E-state index in [1.54, 1.807) is 0 Å². The Balaban J connectivity index is 2.28. The van der Waals surface area contributed by atoms with E-state index in [0.717, 1.165) is 12.8 Å². The lowest BCUT2D eigenvalue weighted by atomic mass is 10.5. The van der Waals surface area contributed by atoms with Crippen LogP contribution in [0.1, 0.15) is 12.8 Å². The van der Waals surface area contributed by atoms with Crippen molar-refractivity contribution in [2.24, 2.45) is 5.84 Å². The van der Waals surface area contributed by atoms with E-state index in [9.17, 15) is 0 Å². The number of rotatable bonds is 2. The zero-order valence-electron chi connectivity index (χ0n) is 4.49. The van der Waals surface area contributed by atoms with Crippen LogP contribution in [0.4, 0.5) is 0 Å². The minimum Gasteiger partial charge on any atom is -0.301 e. The van der Waals surface area contributed by atoms with E-state index in [-0.39, 0.29) is 5.66 Å². The molecule has 0 aromatic carbocycles. The average Bonchev–Trinajstić information content (AvgIpc) is 2.46. The van der Waals surface area contributed by atoms with Crippen LogP contribution in [0.15, 0.2) is 0 Å². The van der Waals surface area contributed by atoms with Gasteiger partial charge in [0.15, 0.2) is 0 Å². The van der Waals surface area contributed by atoms with Gasteiger partial charge in [0, 0.05) is 0 Å². The monoisotopic (exact) mass is 101 g/mol. The largest absolute Gasteiger partial charge is 0.301 e. The molecule has 42 valence electrons. The van der Waals surface area contributed by atoms with Gasteiger partial charge in [-0.2, -0.15) is 0 Å². The molecule has 1 aliphatic rings. The summed E-state index contributed by atoms with van der Waals surface area (Å²) in [5.41, 5.74) is 2.80. The Kier molecular flexibility index (Phi) is 1.03. The maximum atomic E-state index is 5.17. The van der Waals surface area contributed by atoms with E-state index < -0.39 is 0 Å². The van der Waals surface area contributed by atoms with Crippen LogP contribution in [0.5, 0.6) is 0 Å². The highest BCUT2D eigenvalue weighted by atomic mass is 15.4. The molecule has 3 heteroatoms. The lowest BCUT2D eigenvalue weighted by molar-refractivity contribution is 0.450. The number of hydrogen-bond donors (Lipinski definition) is 3. The Morgan fingerprint density at radius 2 is 2.14 bits per heavy atom. The van der Waals surface area contributed by atoms with Gasteiger partial charge in [-0.15, -0.1) is 0 Å². The van der Waals surface area contributed by atoms with Crippen molar-refractivity contribution in [1.82, 2.24) is 10.7 Å². The fourth-order valence-electron chi connectivity index (χ4n) is 0.592. The Morgan fingerprint density at radius 1 is 1.57 bits per heavy atom. The lowest BCUT2D eigenvalue weighted by Gasteiger charge is -2.09. The molecule has 0 spiro atoms. The molecule has 4 N–H and O–H groups in total. The molecule has 1 fully saturated rings. The van der Waals surface area contributed by atoms with E-state index >= 15 is 0 Å². The highest BCUT2D eigenvalue weighted by Gasteiger charge is 2.39. The van der Waals surface area contributed by atoms with Crippen molar-refractivity contribution in [3.05, 3.63) is 0 Å². The third-order valence-electron chi connectivity index (χ3n) is 1.50. The first-order valence-corrected chi connectivity index (χ1v) is 2.50. The smallest absolute Gasteiger partial charge is 0.0814 e. The van der Waals surface area contributed by atoms with Gasteiger partial charge in [-0.3, -0.25) is 5.84 Å². The maximum Gasteiger partial charge on any atom is 0.0814 e. The first-order valence-electron chi connectivity index (χ1n) is 2.50. The second-order valence-corrected chi connectivity index (χ2v) is 1.98. The molecule has 7 heavy (non-hydrogen) atoms. The minimum atomic E-state index is 0.111. The molecule has 1 rings (SSSR count). The molecule has 0 heterocycles. The molecule has 0 aliphatic heterocycles. The number of nitrogens with two attached hydrogens (primary N) is 1. The summed E-state index contributed by atoms with van der Waals surface area (Å²) in [6, 6.07) is 0. The summed E-state index contributed by atoms with van der Waals surface area (Å²) in [6.07, 6.45) is 2.31. The summed E-state index contributed by atoms with van der Waals surface area (Å²) in [5.74, 6) is 5.17. The molecule has 0 radical (unpaired) electrons. The fraction of sp³-hybridized carbons (Fsp3) is 1.00. The molecule has 1 saturated carbocycles. The van der Waals surface area contributed by atoms with E-state index in [1.807, 2.05) is 7.05 Å². The number of hydrogen-bond acceptors (Lipinski definition) is 3. The quantitative estimate of drug-likeness (QED) is 0.241. The summed E-state index contributed by atoms with van der Waals surface area (Å²) in [7, 11) is 1.91. The second kappa shape index (κ2) is 1.43. The predicted octanol–water partition coefficient (Wildman–Crippen LogP) is -0.841. The van der Waals surface area contributed by atoms with E-state index in [1.165, 1.54) is 0 Å². The van der Waals surface area contributed by atoms with Crippen molar-refractivity contribution in [2.75, 3.05) is 7.05 Å². The number of nitrogens with one attached hydrogen (secondary N) is 2. The predicted molar refractivity (Wildman–Crippen MR) is 28.3 cm³/mol. The van der Waals surface area contributed by atoms with Gasteiger partial charge in [0.2, 0.25) is 0 Å². The SMILES string of the molecule is CNC1(NN)CC1. The fourth-order valence-corrected chi connectivity index (χ4v) is 0.592. The van der Waals surface area contributed by atoms with Gasteiger partial charge < -0.3 is 5.32 Å². The van der Waals surface area contributed by atoms with Crippen LogP contribution in [0.3, 0.4) is 0 Å². The summed E-state index contributed by atoms with van der Waals surface area (Å²) in [4.78, 5) is 0. The molecule has 0 unspecified atom stereocenters. The molecule has 0 bridgehead atoms. The Bertz CT molecular complexity index is 61.3. The maximum absolute atomic E-state index is 5.17. The van der Waals surface area contributed by atoms with E-state index in [2.05, 4.69) is 10.7 Å². The minimum absolute atomic E-state index is 0.111. The summed E-state index contributed by atoms with van der Waals surface area (Å²) >= 11 is 0. The third kappa shape index (κ3) is 0.748. The van der Waals surface area contributed by atoms with Crippen LogP contribution >= 0.6 is 0 Å². The molecule has 3 nitrogen and oxygen atoms in total. The van der Waals surface area contributed by atoms with Crippen LogP contribution in [-0.4, -0.2) is 12.7 Å². The molecule has 0 saturated heterocycles. The van der Waals surface area contributed by atoms with Crippen LogP contribution in [0, 0.1) is 0 Å². The highest BCUT2D eigenvalue weighted by Crippen LogP contribution is 2.29. The molecular weight excluding hydrogens is 90.1 g/mol. The van der Waals surface area contributed by atoms with Crippen LogP contribution in [-0.2, 0) is 0 Å². The van der Waals surface area contributed by atoms with E-state index in [4.69, 9.17) is 5.84 Å². The normalized spacial score (nSPS) is 24.9. The second-order valence-electron chi connectivity index (χ2n) is 1.98. The van der Waals surface area contributed by atoms with Gasteiger partial charge >= 0.3 is 0 Å². The Morgan fingerprint density at radius 3 is 2.14 bits per heavy atom. The van der Waals surface area contributed by atoms with Gasteiger partial charge in [0.1, 0.15) is 0 Å². The van der Waals surface area contributed by atoms with Crippen molar-refractivity contribution in [3.8, 4) is 0 Å². The van der Waals surface area contributed by atoms with Gasteiger partial charge in [-0.05, 0) is 19.9 Å². The van der Waals surface area contributed by atoms with Gasteiger partial charge in [0.05, 0.1) is 5.66 Å². The third-order valence-corrected chi connectivity index (χ3v) is 1.50. The van der Waals surface area contributed by atoms with Crippen molar-refractivity contribution in [3.63, 3.8) is 0 Å². The van der Waals surface area contributed by atoms with Crippen LogP contribution < -0.4 is 16.6 Å². The average molecular weight is 101 g/mol. The van der Waals surface area contributed by atoms with Gasteiger partial charge in [0.25, 0.3) is 0 Å². The Labute approximate surface area is 43.2 Å². The first kappa shape index (κ1) is 5.03. The zero-order valence-corrected chi connectivity index (χ0v) is 4.49. The first-order chi connectivity index (χ1) is 3.33. The zero-order chi connectivity index (χ0) is 5.33. The van der Waals surface area contributed by atoms with Crippen LogP contribution in [0.2, 0.25) is 0 Å². The van der Waals surface area contributed by atoms with E-state index in [0.29, 0.717) is 0 Å². The van der Waals surface area contributed by atoms with Gasteiger partial charge in [-0.1, -0.05) is 0 Å². The number of hydrazine groups is 1. The van der Waals surface area contributed by atoms with Crippen molar-refractivity contribution >= 4 is 0 Å². The standard InChI is InChI=1S/C4H11N3/c1-6-4(7-5)2-3-4/h6-7H,2-3,5H2,1H3. The van der Waals surface area contributed by atoms with Crippen molar-refractivity contribution < 1.29 is 0 Å². The highest BCUT2D eigenvalue weighted by molar-refractivity contribution is 4.96. The van der Waals surface area contributed by atoms with Gasteiger partial charge in [-0.25, -0.2) is 5.43 Å². The molecule has 1 aliphatic carbocycles. The van der Waals surface area contributed by atoms with Crippen molar-refractivity contribution in [2.45, 2.75) is 18.5 Å². The summed E-state index contributed by atoms with van der Waals surface area (Å²) < 4.78 is 0. The molecule has 0 amide bonds. The van der Waals surface area contributed by atoms with Crippen LogP contribution in [0.25, 0.3) is 0 Å². The topological polar surface area (TPSA) is 50.1 Å². The molecule has 0 atom stereocenters.